The molecule has 0 atom stereocenters. The minimum Gasteiger partial charge on any atom is -0.288 e. The van der Waals surface area contributed by atoms with Gasteiger partial charge in [-0.25, -0.2) is 0 Å². The first-order valence-electron chi connectivity index (χ1n) is 6.55. The molecule has 0 spiro atoms. The van der Waals surface area contributed by atoms with Crippen LogP contribution in [0, 0.1) is 0 Å². The van der Waals surface area contributed by atoms with Gasteiger partial charge in [-0.1, -0.05) is 23.2 Å². The highest BCUT2D eigenvalue weighted by atomic mass is 35.5. The monoisotopic (exact) mass is 436 g/mol. The van der Waals surface area contributed by atoms with Crippen molar-refractivity contribution in [3.8, 4) is 0 Å². The van der Waals surface area contributed by atoms with E-state index in [0.717, 1.165) is 24.3 Å². The third-order valence-corrected chi connectivity index (χ3v) is 6.12. The predicted octanol–water partition coefficient (Wildman–Crippen LogP) is 2.26. The molecule has 2 aromatic rings. The topological polar surface area (TPSA) is 143 Å². The molecule has 26 heavy (non-hydrogen) atoms. The summed E-state index contributed by atoms with van der Waals surface area (Å²) in [5.74, 6) is -2.28. The van der Waals surface area contributed by atoms with Gasteiger partial charge in [0.05, 0.1) is 32.3 Å². The first kappa shape index (κ1) is 19.0. The normalized spacial score (nSPS) is 14.2. The number of carbonyl (C=O) groups excluding carboxylic acids is 2. The first-order chi connectivity index (χ1) is 11.9. The van der Waals surface area contributed by atoms with Gasteiger partial charge in [-0.15, -0.1) is 0 Å². The second kappa shape index (κ2) is 5.84. The van der Waals surface area contributed by atoms with E-state index >= 15 is 0 Å². The maximum atomic E-state index is 12.9. The van der Waals surface area contributed by atoms with Crippen LogP contribution in [0.5, 0.6) is 0 Å². The van der Waals surface area contributed by atoms with E-state index in [1.807, 2.05) is 0 Å². The lowest BCUT2D eigenvalue weighted by Gasteiger charge is -2.22. The number of benzene rings is 2. The van der Waals surface area contributed by atoms with Crippen molar-refractivity contribution in [3.63, 3.8) is 0 Å². The van der Waals surface area contributed by atoms with Crippen molar-refractivity contribution in [1.82, 2.24) is 0 Å². The minimum absolute atomic E-state index is 0.301. The fraction of sp³-hybridized carbons (Fsp3) is 0. The maximum absolute atomic E-state index is 12.9. The van der Waals surface area contributed by atoms with Crippen LogP contribution >= 0.6 is 23.2 Å². The molecule has 1 aliphatic carbocycles. The number of hydrogen-bond acceptors (Lipinski definition) is 6. The van der Waals surface area contributed by atoms with Crippen LogP contribution in [-0.2, 0) is 20.2 Å². The van der Waals surface area contributed by atoms with Gasteiger partial charge in [0.25, 0.3) is 20.2 Å². The molecule has 0 fully saturated rings. The number of fused-ring (bicyclic) bond motifs is 2. The molecule has 3 rings (SSSR count). The molecule has 0 heterocycles. The Bertz CT molecular complexity index is 1140. The maximum Gasteiger partial charge on any atom is 0.295 e. The number of carbonyl (C=O) groups is 2. The van der Waals surface area contributed by atoms with Crippen LogP contribution in [0.1, 0.15) is 31.8 Å². The van der Waals surface area contributed by atoms with E-state index in [9.17, 15) is 35.5 Å². The van der Waals surface area contributed by atoms with Crippen LogP contribution in [0.3, 0.4) is 0 Å². The van der Waals surface area contributed by atoms with E-state index in [2.05, 4.69) is 0 Å². The van der Waals surface area contributed by atoms with E-state index in [4.69, 9.17) is 23.2 Å². The van der Waals surface area contributed by atoms with Gasteiger partial charge in [-0.05, 0) is 24.3 Å². The quantitative estimate of drug-likeness (QED) is 0.582. The van der Waals surface area contributed by atoms with E-state index in [1.54, 1.807) is 0 Å². The number of ketones is 2. The van der Waals surface area contributed by atoms with E-state index in [-0.39, 0.29) is 10.0 Å². The zero-order valence-electron chi connectivity index (χ0n) is 12.2. The van der Waals surface area contributed by atoms with E-state index in [0.29, 0.717) is 0 Å². The zero-order valence-corrected chi connectivity index (χ0v) is 15.4. The summed E-state index contributed by atoms with van der Waals surface area (Å²) in [4.78, 5) is 23.8. The second-order valence-electron chi connectivity index (χ2n) is 5.20. The summed E-state index contributed by atoms with van der Waals surface area (Å²) in [6.07, 6.45) is 0. The predicted molar refractivity (Wildman–Crippen MR) is 89.4 cm³/mol. The molecule has 0 aromatic heterocycles. The summed E-state index contributed by atoms with van der Waals surface area (Å²) in [6, 6.07) is 3.56. The number of halogens is 2. The molecule has 0 amide bonds. The highest BCUT2D eigenvalue weighted by molar-refractivity contribution is 7.86. The lowest BCUT2D eigenvalue weighted by Crippen LogP contribution is -2.26. The largest absolute Gasteiger partial charge is 0.295 e. The molecule has 136 valence electrons. The Hall–Kier alpha value is -1.82. The molecule has 0 saturated heterocycles. The highest BCUT2D eigenvalue weighted by Crippen LogP contribution is 2.40. The van der Waals surface area contributed by atoms with Gasteiger partial charge in [0.1, 0.15) is 9.79 Å². The molecule has 2 N–H and O–H groups in total. The van der Waals surface area contributed by atoms with Crippen LogP contribution in [0.25, 0.3) is 0 Å². The molecule has 0 bridgehead atoms. The van der Waals surface area contributed by atoms with Gasteiger partial charge in [0.15, 0.2) is 11.6 Å². The zero-order chi connectivity index (χ0) is 19.6. The summed E-state index contributed by atoms with van der Waals surface area (Å²) >= 11 is 11.8. The van der Waals surface area contributed by atoms with Crippen LogP contribution in [0.2, 0.25) is 10.0 Å². The number of hydrogen-bond donors (Lipinski definition) is 2. The van der Waals surface area contributed by atoms with E-state index < -0.39 is 63.8 Å². The van der Waals surface area contributed by atoms with Crippen molar-refractivity contribution in [2.75, 3.05) is 0 Å². The Kier molecular flexibility index (Phi) is 4.26. The first-order valence-corrected chi connectivity index (χ1v) is 10.2. The SMILES string of the molecule is O=C1c2c(Cl)ccc(S(=O)(=O)O)c2C(=O)c2c(S(=O)(=O)O)ccc(Cl)c21. The smallest absolute Gasteiger partial charge is 0.288 e. The Morgan fingerprint density at radius 3 is 1.23 bits per heavy atom. The summed E-state index contributed by atoms with van der Waals surface area (Å²) in [5, 5.41) is -0.602. The van der Waals surface area contributed by atoms with Crippen molar-refractivity contribution in [2.45, 2.75) is 9.79 Å². The van der Waals surface area contributed by atoms with Gasteiger partial charge in [-0.2, -0.15) is 16.8 Å². The summed E-state index contributed by atoms with van der Waals surface area (Å²) in [5.41, 5.74) is -2.70. The third kappa shape index (κ3) is 2.75. The molecule has 0 unspecified atom stereocenters. The van der Waals surface area contributed by atoms with Crippen LogP contribution in [-0.4, -0.2) is 37.5 Å². The average molecular weight is 437 g/mol. The van der Waals surface area contributed by atoms with Gasteiger partial charge < -0.3 is 0 Å². The Morgan fingerprint density at radius 2 is 0.923 bits per heavy atom. The molecule has 8 nitrogen and oxygen atoms in total. The average Bonchev–Trinajstić information content (AvgIpc) is 2.49. The van der Waals surface area contributed by atoms with Gasteiger partial charge in [-0.3, -0.25) is 18.7 Å². The minimum atomic E-state index is -4.95. The summed E-state index contributed by atoms with van der Waals surface area (Å²) < 4.78 is 65.0. The van der Waals surface area contributed by atoms with E-state index in [1.165, 1.54) is 0 Å². The highest BCUT2D eigenvalue weighted by Gasteiger charge is 2.40. The van der Waals surface area contributed by atoms with Crippen LogP contribution in [0.15, 0.2) is 34.1 Å². The summed E-state index contributed by atoms with van der Waals surface area (Å²) in [7, 11) is -9.91. The van der Waals surface area contributed by atoms with Gasteiger partial charge in [0, 0.05) is 0 Å². The van der Waals surface area contributed by atoms with Gasteiger partial charge >= 0.3 is 0 Å². The fourth-order valence-corrected chi connectivity index (χ4v) is 4.56. The van der Waals surface area contributed by atoms with Crippen LogP contribution < -0.4 is 0 Å². The van der Waals surface area contributed by atoms with Gasteiger partial charge in [0.2, 0.25) is 0 Å². The number of rotatable bonds is 2. The molecule has 0 aliphatic heterocycles. The van der Waals surface area contributed by atoms with Crippen LogP contribution in [0.4, 0.5) is 0 Å². The Labute approximate surface area is 156 Å². The Morgan fingerprint density at radius 1 is 0.615 bits per heavy atom. The molecule has 2 aromatic carbocycles. The molecule has 0 saturated carbocycles. The van der Waals surface area contributed by atoms with Crippen molar-refractivity contribution >= 4 is 55.0 Å². The lowest BCUT2D eigenvalue weighted by molar-refractivity contribution is 0.0974. The van der Waals surface area contributed by atoms with Crippen molar-refractivity contribution < 1.29 is 35.5 Å². The molecular weight excluding hydrogens is 431 g/mol. The second-order valence-corrected chi connectivity index (χ2v) is 8.79. The summed E-state index contributed by atoms with van der Waals surface area (Å²) in [6.45, 7) is 0. The van der Waals surface area contributed by atoms with Crippen molar-refractivity contribution in [2.24, 2.45) is 0 Å². The molecule has 12 heteroatoms. The third-order valence-electron chi connectivity index (χ3n) is 3.70. The molecule has 1 aliphatic rings. The van der Waals surface area contributed by atoms with Crippen molar-refractivity contribution in [3.05, 3.63) is 56.6 Å². The fourth-order valence-electron chi connectivity index (χ4n) is 2.69. The Balaban J connectivity index is 2.55. The molecular formula is C14H6Cl2O8S2. The van der Waals surface area contributed by atoms with Crippen molar-refractivity contribution in [1.29, 1.82) is 0 Å². The lowest BCUT2D eigenvalue weighted by atomic mass is 9.84. The molecule has 0 radical (unpaired) electrons. The standard InChI is InChI=1S/C14H6Cl2O8S2/c15-5-1-3-7(25(19,20)21)11-9(5)13(17)10-6(16)2-4-8(26(22,23)24)12(10)14(11)18/h1-4H,(H,19,20,21)(H,22,23,24).